The van der Waals surface area contributed by atoms with Crippen molar-refractivity contribution in [3.63, 3.8) is 0 Å². The molecule has 0 aliphatic carbocycles. The number of anilines is 1. The van der Waals surface area contributed by atoms with Gasteiger partial charge in [0, 0.05) is 12.8 Å². The van der Waals surface area contributed by atoms with Crippen molar-refractivity contribution in [3.05, 3.63) is 42.0 Å². The number of esters is 1. The van der Waals surface area contributed by atoms with Crippen LogP contribution in [0.25, 0.3) is 0 Å². The average Bonchev–Trinajstić information content (AvgIpc) is 2.79. The minimum Gasteiger partial charge on any atom is -0.456 e. The third-order valence-electron chi connectivity index (χ3n) is 3.25. The molecule has 2 rings (SSSR count). The lowest BCUT2D eigenvalue weighted by atomic mass is 10.1. The summed E-state index contributed by atoms with van der Waals surface area (Å²) in [5, 5.41) is 12.6. The topological polar surface area (TPSA) is 67.8 Å². The largest absolute Gasteiger partial charge is 0.456 e. The fourth-order valence-corrected chi connectivity index (χ4v) is 2.23. The van der Waals surface area contributed by atoms with E-state index in [1.165, 1.54) is 0 Å². The molecule has 0 spiro atoms. The molecule has 0 amide bonds. The lowest BCUT2D eigenvalue weighted by Crippen LogP contribution is -2.27. The van der Waals surface area contributed by atoms with E-state index in [9.17, 15) is 9.90 Å². The van der Waals surface area contributed by atoms with Crippen molar-refractivity contribution < 1.29 is 19.4 Å². The van der Waals surface area contributed by atoms with E-state index < -0.39 is 6.10 Å². The van der Waals surface area contributed by atoms with Crippen LogP contribution in [0.3, 0.4) is 0 Å². The van der Waals surface area contributed by atoms with Crippen molar-refractivity contribution in [2.75, 3.05) is 12.4 Å². The van der Waals surface area contributed by atoms with Gasteiger partial charge in [0.2, 0.25) is 0 Å². The number of hydrogen-bond acceptors (Lipinski definition) is 5. The molecule has 3 atom stereocenters. The van der Waals surface area contributed by atoms with Crippen LogP contribution in [0.1, 0.15) is 18.9 Å². The first kappa shape index (κ1) is 15.5. The van der Waals surface area contributed by atoms with Crippen LogP contribution in [0.15, 0.2) is 36.4 Å². The molecule has 5 heteroatoms. The molecule has 1 fully saturated rings. The number of rotatable bonds is 6. The fraction of sp³-hybridized carbons (Fsp3) is 0.438. The summed E-state index contributed by atoms with van der Waals surface area (Å²) in [6, 6.07) is 7.73. The van der Waals surface area contributed by atoms with Crippen molar-refractivity contribution >= 4 is 11.7 Å². The van der Waals surface area contributed by atoms with Gasteiger partial charge in [-0.3, -0.25) is 4.79 Å². The van der Waals surface area contributed by atoms with Crippen molar-refractivity contribution in [2.45, 2.75) is 38.2 Å². The summed E-state index contributed by atoms with van der Waals surface area (Å²) in [5.74, 6) is -0.233. The van der Waals surface area contributed by atoms with Crippen LogP contribution < -0.4 is 5.32 Å². The number of methoxy groups -OCH3 is 1. The lowest BCUT2D eigenvalue weighted by Gasteiger charge is -2.17. The Morgan fingerprint density at radius 3 is 2.81 bits per heavy atom. The zero-order chi connectivity index (χ0) is 15.2. The quantitative estimate of drug-likeness (QED) is 0.618. The van der Waals surface area contributed by atoms with Crippen molar-refractivity contribution in [1.29, 1.82) is 0 Å². The van der Waals surface area contributed by atoms with Gasteiger partial charge in [-0.2, -0.15) is 0 Å². The van der Waals surface area contributed by atoms with Gasteiger partial charge in [0.25, 0.3) is 0 Å². The minimum atomic E-state index is -0.557. The number of benzene rings is 1. The van der Waals surface area contributed by atoms with Crippen molar-refractivity contribution in [2.24, 2.45) is 0 Å². The summed E-state index contributed by atoms with van der Waals surface area (Å²) in [6.45, 7) is 2.23. The third kappa shape index (κ3) is 4.58. The molecule has 2 N–H and O–H groups in total. The Balaban J connectivity index is 2.00. The Kier molecular flexibility index (Phi) is 5.36. The first-order chi connectivity index (χ1) is 10.1. The normalized spacial score (nSPS) is 23.3. The van der Waals surface area contributed by atoms with E-state index in [1.54, 1.807) is 26.2 Å². The molecule has 1 aromatic rings. The number of ether oxygens (including phenoxy) is 2. The SMILES string of the molecule is COCc1ccc(NC2CC(=O)OC2/C=C/C(C)O)cc1. The second-order valence-electron chi connectivity index (χ2n) is 5.16. The third-order valence-corrected chi connectivity index (χ3v) is 3.25. The fourth-order valence-electron chi connectivity index (χ4n) is 2.23. The first-order valence-corrected chi connectivity index (χ1v) is 6.99. The van der Waals surface area contributed by atoms with Gasteiger partial charge in [-0.15, -0.1) is 0 Å². The van der Waals surface area contributed by atoms with Crippen molar-refractivity contribution in [3.8, 4) is 0 Å². The second-order valence-corrected chi connectivity index (χ2v) is 5.16. The first-order valence-electron chi connectivity index (χ1n) is 6.99. The average molecular weight is 291 g/mol. The van der Waals surface area contributed by atoms with Crippen LogP contribution >= 0.6 is 0 Å². The van der Waals surface area contributed by atoms with E-state index in [1.807, 2.05) is 24.3 Å². The van der Waals surface area contributed by atoms with Crippen molar-refractivity contribution in [1.82, 2.24) is 0 Å². The molecule has 1 aromatic carbocycles. The highest BCUT2D eigenvalue weighted by molar-refractivity contribution is 5.74. The molecular formula is C16H21NO4. The predicted molar refractivity (Wildman–Crippen MR) is 79.9 cm³/mol. The number of aliphatic hydroxyl groups excluding tert-OH is 1. The van der Waals surface area contributed by atoms with Gasteiger partial charge in [0.15, 0.2) is 0 Å². The molecule has 1 heterocycles. The molecule has 114 valence electrons. The Morgan fingerprint density at radius 1 is 1.48 bits per heavy atom. The molecule has 1 aliphatic rings. The molecule has 5 nitrogen and oxygen atoms in total. The molecule has 1 saturated heterocycles. The predicted octanol–water partition coefficient (Wildman–Crippen LogP) is 1.87. The summed E-state index contributed by atoms with van der Waals surface area (Å²) < 4.78 is 10.3. The van der Waals surface area contributed by atoms with E-state index in [0.29, 0.717) is 13.0 Å². The Hall–Kier alpha value is -1.85. The number of carbonyl (C=O) groups is 1. The molecule has 1 aliphatic heterocycles. The Morgan fingerprint density at radius 2 is 2.19 bits per heavy atom. The molecule has 0 aromatic heterocycles. The van der Waals surface area contributed by atoms with Gasteiger partial charge in [-0.1, -0.05) is 18.2 Å². The van der Waals surface area contributed by atoms with E-state index >= 15 is 0 Å². The molecular weight excluding hydrogens is 270 g/mol. The zero-order valence-electron chi connectivity index (χ0n) is 12.3. The summed E-state index contributed by atoms with van der Waals surface area (Å²) >= 11 is 0. The van der Waals surface area contributed by atoms with Crippen LogP contribution in [0.4, 0.5) is 5.69 Å². The minimum absolute atomic E-state index is 0.124. The summed E-state index contributed by atoms with van der Waals surface area (Å²) in [6.07, 6.45) is 2.75. The van der Waals surface area contributed by atoms with Gasteiger partial charge >= 0.3 is 5.97 Å². The lowest BCUT2D eigenvalue weighted by molar-refractivity contribution is -0.140. The number of cyclic esters (lactones) is 1. The van der Waals surface area contributed by atoms with Gasteiger partial charge in [0.05, 0.1) is 25.2 Å². The monoisotopic (exact) mass is 291 g/mol. The van der Waals surface area contributed by atoms with E-state index in [0.717, 1.165) is 11.3 Å². The summed E-state index contributed by atoms with van der Waals surface area (Å²) in [4.78, 5) is 11.5. The highest BCUT2D eigenvalue weighted by atomic mass is 16.6. The summed E-state index contributed by atoms with van der Waals surface area (Å²) in [7, 11) is 1.66. The number of aliphatic hydroxyl groups is 1. The Labute approximate surface area is 124 Å². The number of hydrogen-bond donors (Lipinski definition) is 2. The number of carbonyl (C=O) groups excluding carboxylic acids is 1. The van der Waals surface area contributed by atoms with Crippen LogP contribution in [-0.2, 0) is 20.9 Å². The van der Waals surface area contributed by atoms with E-state index in [2.05, 4.69) is 5.32 Å². The maximum atomic E-state index is 11.5. The second kappa shape index (κ2) is 7.24. The van der Waals surface area contributed by atoms with Gasteiger partial charge in [-0.05, 0) is 30.7 Å². The summed E-state index contributed by atoms with van der Waals surface area (Å²) in [5.41, 5.74) is 2.01. The smallest absolute Gasteiger partial charge is 0.308 e. The van der Waals surface area contributed by atoms with Crippen LogP contribution in [0, 0.1) is 0 Å². The molecule has 0 bridgehead atoms. The maximum Gasteiger partial charge on any atom is 0.308 e. The van der Waals surface area contributed by atoms with Gasteiger partial charge in [-0.25, -0.2) is 0 Å². The van der Waals surface area contributed by atoms with Crippen LogP contribution in [0.2, 0.25) is 0 Å². The zero-order valence-corrected chi connectivity index (χ0v) is 12.3. The number of nitrogens with one attached hydrogen (secondary N) is 1. The Bertz CT molecular complexity index is 496. The van der Waals surface area contributed by atoms with Crippen LogP contribution in [-0.4, -0.2) is 36.4 Å². The van der Waals surface area contributed by atoms with E-state index in [-0.39, 0.29) is 18.1 Å². The molecule has 3 unspecified atom stereocenters. The maximum absolute atomic E-state index is 11.5. The van der Waals surface area contributed by atoms with E-state index in [4.69, 9.17) is 9.47 Å². The highest BCUT2D eigenvalue weighted by Gasteiger charge is 2.32. The molecule has 21 heavy (non-hydrogen) atoms. The van der Waals surface area contributed by atoms with Gasteiger partial charge < -0.3 is 19.9 Å². The standard InChI is InChI=1S/C16H21NO4/c1-11(18)3-8-15-14(9-16(19)21-15)17-13-6-4-12(5-7-13)10-20-2/h3-8,11,14-15,17-18H,9-10H2,1-2H3/b8-3+. The molecule has 0 radical (unpaired) electrons. The highest BCUT2D eigenvalue weighted by Crippen LogP contribution is 2.22. The van der Waals surface area contributed by atoms with Gasteiger partial charge in [0.1, 0.15) is 6.10 Å². The molecule has 0 saturated carbocycles. The van der Waals surface area contributed by atoms with Crippen LogP contribution in [0.5, 0.6) is 0 Å².